The number of hydrogen-bond donors (Lipinski definition) is 0. The van der Waals surface area contributed by atoms with E-state index < -0.39 is 0 Å². The van der Waals surface area contributed by atoms with Crippen LogP contribution >= 0.6 is 11.6 Å². The van der Waals surface area contributed by atoms with Gasteiger partial charge in [0.1, 0.15) is 5.76 Å². The molecular weight excluding hydrogens is 276 g/mol. The minimum atomic E-state index is 0.495. The highest BCUT2D eigenvalue weighted by Crippen LogP contribution is 2.26. The second-order valence-corrected chi connectivity index (χ2v) is 5.37. The molecular formula is C14H15ClN4O. The van der Waals surface area contributed by atoms with Crippen molar-refractivity contribution in [3.05, 3.63) is 40.7 Å². The number of benzene rings is 1. The first-order valence-electron chi connectivity index (χ1n) is 6.31. The Kier molecular flexibility index (Phi) is 3.23. The lowest BCUT2D eigenvalue weighted by Gasteiger charge is -2.06. The highest BCUT2D eigenvalue weighted by atomic mass is 35.5. The van der Waals surface area contributed by atoms with E-state index in [2.05, 4.69) is 10.1 Å². The molecule has 0 aliphatic rings. The third-order valence-electron chi connectivity index (χ3n) is 3.09. The first-order valence-corrected chi connectivity index (χ1v) is 6.68. The lowest BCUT2D eigenvalue weighted by molar-refractivity contribution is 0.355. The van der Waals surface area contributed by atoms with Crippen LogP contribution in [0, 0.1) is 6.92 Å². The van der Waals surface area contributed by atoms with E-state index in [1.807, 2.05) is 50.2 Å². The number of aryl methyl sites for hydroxylation is 1. The van der Waals surface area contributed by atoms with Gasteiger partial charge < -0.3 is 9.32 Å². The van der Waals surface area contributed by atoms with Crippen molar-refractivity contribution in [1.82, 2.24) is 19.5 Å². The molecule has 0 saturated carbocycles. The molecule has 1 aromatic carbocycles. The quantitative estimate of drug-likeness (QED) is 0.744. The average molecular weight is 291 g/mol. The van der Waals surface area contributed by atoms with Gasteiger partial charge >= 0.3 is 5.84 Å². The van der Waals surface area contributed by atoms with Crippen LogP contribution in [0.5, 0.6) is 0 Å². The van der Waals surface area contributed by atoms with Crippen LogP contribution in [0.1, 0.15) is 11.5 Å². The zero-order chi connectivity index (χ0) is 14.3. The van der Waals surface area contributed by atoms with E-state index in [1.165, 1.54) is 0 Å². The van der Waals surface area contributed by atoms with E-state index in [1.54, 1.807) is 4.52 Å². The van der Waals surface area contributed by atoms with Crippen LogP contribution in [0.25, 0.3) is 17.2 Å². The van der Waals surface area contributed by atoms with E-state index in [0.717, 1.165) is 23.6 Å². The number of oxazole rings is 1. The second-order valence-electron chi connectivity index (χ2n) is 4.96. The Morgan fingerprint density at radius 1 is 1.30 bits per heavy atom. The predicted octanol–water partition coefficient (Wildman–Crippen LogP) is 3.01. The summed E-state index contributed by atoms with van der Waals surface area (Å²) in [5.41, 5.74) is 1.76. The van der Waals surface area contributed by atoms with E-state index in [-0.39, 0.29) is 0 Å². The van der Waals surface area contributed by atoms with Gasteiger partial charge in [-0.05, 0) is 33.2 Å². The number of rotatable bonds is 3. The maximum atomic E-state index is 6.17. The normalized spacial score (nSPS) is 11.7. The molecule has 0 amide bonds. The zero-order valence-electron chi connectivity index (χ0n) is 11.6. The Morgan fingerprint density at radius 2 is 2.05 bits per heavy atom. The van der Waals surface area contributed by atoms with Gasteiger partial charge in [-0.25, -0.2) is 0 Å². The number of nitrogens with zero attached hydrogens (tertiary/aromatic N) is 4. The Bertz CT molecular complexity index is 760. The van der Waals surface area contributed by atoms with Crippen LogP contribution in [-0.2, 0) is 6.54 Å². The van der Waals surface area contributed by atoms with Gasteiger partial charge in [-0.2, -0.15) is 9.50 Å². The Hall–Kier alpha value is -1.85. The van der Waals surface area contributed by atoms with Crippen LogP contribution in [0.4, 0.5) is 0 Å². The van der Waals surface area contributed by atoms with Crippen molar-refractivity contribution >= 4 is 17.4 Å². The zero-order valence-corrected chi connectivity index (χ0v) is 12.3. The summed E-state index contributed by atoms with van der Waals surface area (Å²) in [5, 5.41) is 5.11. The molecule has 0 atom stereocenters. The Labute approximate surface area is 121 Å². The smallest absolute Gasteiger partial charge is 0.325 e. The van der Waals surface area contributed by atoms with Crippen molar-refractivity contribution < 1.29 is 4.42 Å². The van der Waals surface area contributed by atoms with Gasteiger partial charge in [0.2, 0.25) is 0 Å². The molecule has 0 aliphatic carbocycles. The summed E-state index contributed by atoms with van der Waals surface area (Å²) >= 11 is 6.17. The first kappa shape index (κ1) is 13.1. The van der Waals surface area contributed by atoms with E-state index in [4.69, 9.17) is 16.0 Å². The molecule has 0 radical (unpaired) electrons. The minimum absolute atomic E-state index is 0.495. The van der Waals surface area contributed by atoms with Crippen LogP contribution in [-0.4, -0.2) is 33.6 Å². The maximum absolute atomic E-state index is 6.17. The molecule has 20 heavy (non-hydrogen) atoms. The van der Waals surface area contributed by atoms with Crippen LogP contribution < -0.4 is 0 Å². The van der Waals surface area contributed by atoms with Crippen molar-refractivity contribution in [3.63, 3.8) is 0 Å². The SMILES string of the molecule is Cc1c(CN(C)C)oc2nc(-c3ccccc3Cl)nn12. The summed E-state index contributed by atoms with van der Waals surface area (Å²) in [6.07, 6.45) is 0. The fraction of sp³-hybridized carbons (Fsp3) is 0.286. The molecule has 0 spiro atoms. The monoisotopic (exact) mass is 290 g/mol. The number of hydrogen-bond acceptors (Lipinski definition) is 4. The third kappa shape index (κ3) is 2.19. The standard InChI is InChI=1S/C14H15ClN4O/c1-9-12(8-18(2)3)20-14-16-13(17-19(9)14)10-6-4-5-7-11(10)15/h4-7H,8H2,1-3H3. The van der Waals surface area contributed by atoms with Gasteiger partial charge in [0.15, 0.2) is 5.82 Å². The lowest BCUT2D eigenvalue weighted by atomic mass is 10.2. The van der Waals surface area contributed by atoms with Crippen molar-refractivity contribution in [3.8, 4) is 11.4 Å². The molecule has 3 aromatic rings. The molecule has 0 saturated heterocycles. The number of aromatic nitrogens is 3. The minimum Gasteiger partial charge on any atom is -0.425 e. The summed E-state index contributed by atoms with van der Waals surface area (Å²) in [4.78, 5) is 6.46. The number of halogens is 1. The number of fused-ring (bicyclic) bond motifs is 1. The van der Waals surface area contributed by atoms with Crippen LogP contribution in [0.2, 0.25) is 5.02 Å². The van der Waals surface area contributed by atoms with Gasteiger partial charge in [0.25, 0.3) is 0 Å². The molecule has 0 bridgehead atoms. The van der Waals surface area contributed by atoms with Gasteiger partial charge in [-0.15, -0.1) is 5.10 Å². The molecule has 2 heterocycles. The summed E-state index contributed by atoms with van der Waals surface area (Å²) in [6, 6.07) is 7.51. The van der Waals surface area contributed by atoms with E-state index in [0.29, 0.717) is 16.7 Å². The van der Waals surface area contributed by atoms with Crippen LogP contribution in [0.3, 0.4) is 0 Å². The molecule has 0 fully saturated rings. The van der Waals surface area contributed by atoms with Crippen molar-refractivity contribution in [2.24, 2.45) is 0 Å². The molecule has 2 aromatic heterocycles. The van der Waals surface area contributed by atoms with Crippen molar-refractivity contribution in [1.29, 1.82) is 0 Å². The molecule has 104 valence electrons. The predicted molar refractivity (Wildman–Crippen MR) is 77.8 cm³/mol. The fourth-order valence-electron chi connectivity index (χ4n) is 2.08. The van der Waals surface area contributed by atoms with Gasteiger partial charge in [-0.1, -0.05) is 23.7 Å². The van der Waals surface area contributed by atoms with Crippen molar-refractivity contribution in [2.45, 2.75) is 13.5 Å². The van der Waals surface area contributed by atoms with E-state index >= 15 is 0 Å². The first-order chi connectivity index (χ1) is 9.56. The van der Waals surface area contributed by atoms with Gasteiger partial charge in [-0.3, -0.25) is 0 Å². The second kappa shape index (κ2) is 4.92. The van der Waals surface area contributed by atoms with Crippen molar-refractivity contribution in [2.75, 3.05) is 14.1 Å². The molecule has 0 N–H and O–H groups in total. The van der Waals surface area contributed by atoms with Gasteiger partial charge in [0.05, 0.1) is 17.3 Å². The molecule has 6 heteroatoms. The topological polar surface area (TPSA) is 46.6 Å². The maximum Gasteiger partial charge on any atom is 0.325 e. The van der Waals surface area contributed by atoms with E-state index in [9.17, 15) is 0 Å². The highest BCUT2D eigenvalue weighted by molar-refractivity contribution is 6.33. The Balaban J connectivity index is 2.07. The molecule has 5 nitrogen and oxygen atoms in total. The fourth-order valence-corrected chi connectivity index (χ4v) is 2.30. The molecule has 0 unspecified atom stereocenters. The summed E-state index contributed by atoms with van der Waals surface area (Å²) in [6.45, 7) is 2.69. The summed E-state index contributed by atoms with van der Waals surface area (Å²) in [5.74, 6) is 1.94. The molecule has 3 rings (SSSR count). The Morgan fingerprint density at radius 3 is 2.70 bits per heavy atom. The molecule has 0 aliphatic heterocycles. The van der Waals surface area contributed by atoms with Crippen LogP contribution in [0.15, 0.2) is 28.7 Å². The largest absolute Gasteiger partial charge is 0.425 e. The average Bonchev–Trinajstić information content (AvgIpc) is 2.91. The summed E-state index contributed by atoms with van der Waals surface area (Å²) < 4.78 is 7.48. The highest BCUT2D eigenvalue weighted by Gasteiger charge is 2.17. The summed E-state index contributed by atoms with van der Waals surface area (Å²) in [7, 11) is 3.99. The van der Waals surface area contributed by atoms with Gasteiger partial charge in [0, 0.05) is 5.56 Å². The lowest BCUT2D eigenvalue weighted by Crippen LogP contribution is -2.11. The third-order valence-corrected chi connectivity index (χ3v) is 3.42.